The molecule has 0 spiro atoms. The van der Waals surface area contributed by atoms with Crippen molar-refractivity contribution < 1.29 is 14.7 Å². The topological polar surface area (TPSA) is 82.2 Å². The number of halogens is 1. The Morgan fingerprint density at radius 1 is 1.00 bits per heavy atom. The van der Waals surface area contributed by atoms with E-state index in [0.717, 1.165) is 27.7 Å². The highest BCUT2D eigenvalue weighted by atomic mass is 35.5. The van der Waals surface area contributed by atoms with Crippen LogP contribution in [0.15, 0.2) is 72.8 Å². The van der Waals surface area contributed by atoms with Gasteiger partial charge in [0, 0.05) is 32.7 Å². The third-order valence-corrected chi connectivity index (χ3v) is 5.28. The van der Waals surface area contributed by atoms with Gasteiger partial charge in [0.05, 0.1) is 11.6 Å². The van der Waals surface area contributed by atoms with Gasteiger partial charge in [-0.2, -0.15) is 0 Å². The Morgan fingerprint density at radius 3 is 2.47 bits per heavy atom. The number of rotatable bonds is 5. The van der Waals surface area contributed by atoms with E-state index in [9.17, 15) is 9.59 Å². The minimum Gasteiger partial charge on any atom is -0.478 e. The number of hydrogen-bond acceptors (Lipinski definition) is 2. The van der Waals surface area contributed by atoms with Crippen LogP contribution in [0.4, 0.5) is 0 Å². The Balaban J connectivity index is 1.60. The van der Waals surface area contributed by atoms with E-state index < -0.39 is 5.97 Å². The Hall–Kier alpha value is -3.57. The molecule has 4 rings (SSSR count). The van der Waals surface area contributed by atoms with Crippen molar-refractivity contribution in [3.63, 3.8) is 0 Å². The van der Waals surface area contributed by atoms with Crippen LogP contribution in [-0.4, -0.2) is 22.0 Å². The van der Waals surface area contributed by atoms with Gasteiger partial charge >= 0.3 is 5.97 Å². The molecule has 1 atom stereocenters. The molecule has 0 aliphatic heterocycles. The number of aromatic carboxylic acids is 1. The van der Waals surface area contributed by atoms with Crippen LogP contribution < -0.4 is 5.32 Å². The van der Waals surface area contributed by atoms with E-state index in [1.807, 2.05) is 49.4 Å². The lowest BCUT2D eigenvalue weighted by Gasteiger charge is -2.16. The van der Waals surface area contributed by atoms with Gasteiger partial charge in [-0.15, -0.1) is 0 Å². The van der Waals surface area contributed by atoms with Crippen LogP contribution in [0.3, 0.4) is 0 Å². The number of benzene rings is 3. The van der Waals surface area contributed by atoms with Crippen LogP contribution >= 0.6 is 11.6 Å². The normalized spacial score (nSPS) is 11.9. The minimum absolute atomic E-state index is 0.210. The van der Waals surface area contributed by atoms with Gasteiger partial charge in [0.1, 0.15) is 0 Å². The quantitative estimate of drug-likeness (QED) is 0.390. The monoisotopic (exact) mass is 418 g/mol. The summed E-state index contributed by atoms with van der Waals surface area (Å²) in [7, 11) is 0. The first kappa shape index (κ1) is 19.7. The van der Waals surface area contributed by atoms with Gasteiger partial charge in [-0.1, -0.05) is 41.9 Å². The fraction of sp³-hybridized carbons (Fsp3) is 0.0833. The molecule has 30 heavy (non-hydrogen) atoms. The van der Waals surface area contributed by atoms with Crippen LogP contribution in [0.2, 0.25) is 5.02 Å². The van der Waals surface area contributed by atoms with E-state index in [4.69, 9.17) is 16.7 Å². The Morgan fingerprint density at radius 2 is 1.73 bits per heavy atom. The van der Waals surface area contributed by atoms with Crippen molar-refractivity contribution in [3.05, 3.63) is 94.5 Å². The number of H-pyrrole nitrogens is 1. The molecular formula is C24H19ClN2O3. The number of carbonyl (C=O) groups is 2. The summed E-state index contributed by atoms with van der Waals surface area (Å²) in [5, 5.41) is 13.7. The molecule has 0 saturated carbocycles. The summed E-state index contributed by atoms with van der Waals surface area (Å²) in [6.45, 7) is 1.86. The molecule has 5 nitrogen and oxygen atoms in total. The van der Waals surface area contributed by atoms with Crippen LogP contribution in [0.25, 0.3) is 22.2 Å². The van der Waals surface area contributed by atoms with Crippen molar-refractivity contribution in [3.8, 4) is 11.3 Å². The van der Waals surface area contributed by atoms with Crippen molar-refractivity contribution in [1.29, 1.82) is 0 Å². The van der Waals surface area contributed by atoms with Gasteiger partial charge < -0.3 is 15.4 Å². The Bertz CT molecular complexity index is 1250. The largest absolute Gasteiger partial charge is 0.478 e. The first-order valence-corrected chi connectivity index (χ1v) is 9.82. The van der Waals surface area contributed by atoms with Gasteiger partial charge in [-0.05, 0) is 55.0 Å². The molecule has 4 aromatic rings. The summed E-state index contributed by atoms with van der Waals surface area (Å²) in [5.41, 5.74) is 4.14. The summed E-state index contributed by atoms with van der Waals surface area (Å²) >= 11 is 6.09. The molecular weight excluding hydrogens is 400 g/mol. The number of hydrogen-bond donors (Lipinski definition) is 3. The molecule has 3 N–H and O–H groups in total. The first-order chi connectivity index (χ1) is 14.4. The molecule has 0 fully saturated rings. The van der Waals surface area contributed by atoms with Gasteiger partial charge in [0.15, 0.2) is 0 Å². The van der Waals surface area contributed by atoms with Gasteiger partial charge in [-0.25, -0.2) is 4.79 Å². The zero-order valence-electron chi connectivity index (χ0n) is 16.1. The van der Waals surface area contributed by atoms with Crippen molar-refractivity contribution >= 4 is 34.4 Å². The molecule has 0 bridgehead atoms. The second kappa shape index (κ2) is 8.05. The van der Waals surface area contributed by atoms with E-state index in [2.05, 4.69) is 10.3 Å². The lowest BCUT2D eigenvalue weighted by Crippen LogP contribution is -2.27. The maximum Gasteiger partial charge on any atom is 0.335 e. The summed E-state index contributed by atoms with van der Waals surface area (Å²) in [5.74, 6) is -1.19. The molecule has 0 saturated heterocycles. The average molecular weight is 419 g/mol. The second-order valence-electron chi connectivity index (χ2n) is 7.08. The number of aromatic amines is 1. The number of nitrogens with one attached hydrogen (secondary N) is 2. The number of carboxylic acid groups (broad SMARTS) is 1. The highest BCUT2D eigenvalue weighted by Gasteiger charge is 2.17. The molecule has 3 aromatic carbocycles. The van der Waals surface area contributed by atoms with Crippen LogP contribution in [0.5, 0.6) is 0 Å². The summed E-state index contributed by atoms with van der Waals surface area (Å²) < 4.78 is 0. The van der Waals surface area contributed by atoms with Crippen LogP contribution in [-0.2, 0) is 0 Å². The van der Waals surface area contributed by atoms with Crippen LogP contribution in [0.1, 0.15) is 39.2 Å². The van der Waals surface area contributed by atoms with Gasteiger partial charge in [0.2, 0.25) is 0 Å². The number of carbonyl (C=O) groups excluding carboxylic acids is 1. The van der Waals surface area contributed by atoms with Gasteiger partial charge in [0.25, 0.3) is 5.91 Å². The third kappa shape index (κ3) is 3.93. The molecule has 0 aliphatic rings. The highest BCUT2D eigenvalue weighted by Crippen LogP contribution is 2.29. The van der Waals surface area contributed by atoms with E-state index in [1.165, 1.54) is 12.1 Å². The zero-order chi connectivity index (χ0) is 21.3. The van der Waals surface area contributed by atoms with E-state index in [0.29, 0.717) is 10.6 Å². The second-order valence-corrected chi connectivity index (χ2v) is 7.52. The smallest absolute Gasteiger partial charge is 0.335 e. The lowest BCUT2D eigenvalue weighted by molar-refractivity contribution is 0.0696. The standard InChI is InChI=1S/C24H19ClN2O3/c1-14(15-6-8-16(9-7-15)24(29)30)26-23(28)20-5-3-2-4-19(20)22-13-17-12-18(25)10-11-21(17)27-22/h2-14,27H,1H3,(H,26,28)(H,29,30)/t14-/m0/s1. The molecule has 0 aliphatic carbocycles. The summed E-state index contributed by atoms with van der Waals surface area (Å²) in [4.78, 5) is 27.4. The fourth-order valence-electron chi connectivity index (χ4n) is 3.44. The fourth-order valence-corrected chi connectivity index (χ4v) is 3.62. The number of carboxylic acids is 1. The van der Waals surface area contributed by atoms with Crippen molar-refractivity contribution in [2.24, 2.45) is 0 Å². The number of amides is 1. The van der Waals surface area contributed by atoms with Crippen LogP contribution in [0, 0.1) is 0 Å². The summed E-state index contributed by atoms with van der Waals surface area (Å²) in [6.07, 6.45) is 0. The Kier molecular flexibility index (Phi) is 5.29. The molecule has 1 aromatic heterocycles. The predicted octanol–water partition coefficient (Wildman–Crippen LogP) is 5.68. The first-order valence-electron chi connectivity index (χ1n) is 9.44. The highest BCUT2D eigenvalue weighted by molar-refractivity contribution is 6.31. The minimum atomic E-state index is -0.980. The van der Waals surface area contributed by atoms with Crippen molar-refractivity contribution in [2.45, 2.75) is 13.0 Å². The molecule has 1 heterocycles. The third-order valence-electron chi connectivity index (χ3n) is 5.05. The predicted molar refractivity (Wildman–Crippen MR) is 118 cm³/mol. The maximum atomic E-state index is 13.0. The number of fused-ring (bicyclic) bond motifs is 1. The summed E-state index contributed by atoms with van der Waals surface area (Å²) in [6, 6.07) is 21.2. The number of aromatic nitrogens is 1. The molecule has 1 amide bonds. The van der Waals surface area contributed by atoms with E-state index >= 15 is 0 Å². The van der Waals surface area contributed by atoms with Crippen molar-refractivity contribution in [1.82, 2.24) is 10.3 Å². The Labute approximate surface area is 178 Å². The molecule has 0 radical (unpaired) electrons. The zero-order valence-corrected chi connectivity index (χ0v) is 16.9. The maximum absolute atomic E-state index is 13.0. The molecule has 0 unspecified atom stereocenters. The SMILES string of the molecule is C[C@H](NC(=O)c1ccccc1-c1cc2cc(Cl)ccc2[nH]1)c1ccc(C(=O)O)cc1. The lowest BCUT2D eigenvalue weighted by atomic mass is 10.0. The molecule has 150 valence electrons. The van der Waals surface area contributed by atoms with Crippen molar-refractivity contribution in [2.75, 3.05) is 0 Å². The molecule has 6 heteroatoms. The van der Waals surface area contributed by atoms with E-state index in [1.54, 1.807) is 18.2 Å². The van der Waals surface area contributed by atoms with E-state index in [-0.39, 0.29) is 17.5 Å². The van der Waals surface area contributed by atoms with Gasteiger partial charge in [-0.3, -0.25) is 4.79 Å². The average Bonchev–Trinajstić information content (AvgIpc) is 3.16.